The van der Waals surface area contributed by atoms with Crippen molar-refractivity contribution in [3.63, 3.8) is 0 Å². The number of amides is 4. The lowest BCUT2D eigenvalue weighted by Gasteiger charge is -2.29. The third kappa shape index (κ3) is 7.61. The summed E-state index contributed by atoms with van der Waals surface area (Å²) < 4.78 is 0. The molecular formula is C36H41N3O5. The van der Waals surface area contributed by atoms with Gasteiger partial charge in [-0.15, -0.1) is 0 Å². The fourth-order valence-electron chi connectivity index (χ4n) is 5.44. The van der Waals surface area contributed by atoms with Crippen LogP contribution < -0.4 is 5.32 Å². The summed E-state index contributed by atoms with van der Waals surface area (Å²) >= 11 is 0. The third-order valence-electron chi connectivity index (χ3n) is 7.89. The van der Waals surface area contributed by atoms with Gasteiger partial charge in [0.2, 0.25) is 5.91 Å². The number of imide groups is 1. The maximum absolute atomic E-state index is 13.9. The summed E-state index contributed by atoms with van der Waals surface area (Å²) in [6.07, 6.45) is 3.94. The number of benzene rings is 3. The van der Waals surface area contributed by atoms with Gasteiger partial charge in [-0.2, -0.15) is 0 Å². The average molecular weight is 596 g/mol. The first-order valence-electron chi connectivity index (χ1n) is 14.9. The largest absolute Gasteiger partial charge is 0.481 e. The molecule has 44 heavy (non-hydrogen) atoms. The Morgan fingerprint density at radius 1 is 0.909 bits per heavy atom. The summed E-state index contributed by atoms with van der Waals surface area (Å²) in [4.78, 5) is 55.8. The molecule has 3 aromatic rings. The second kappa shape index (κ2) is 13.7. The van der Waals surface area contributed by atoms with Crippen LogP contribution in [0.5, 0.6) is 0 Å². The molecule has 1 aliphatic rings. The number of nitrogens with zero attached hydrogens (tertiary/aromatic N) is 2. The van der Waals surface area contributed by atoms with Crippen molar-refractivity contribution in [1.29, 1.82) is 0 Å². The average Bonchev–Trinajstić information content (AvgIpc) is 3.14. The highest BCUT2D eigenvalue weighted by Crippen LogP contribution is 2.33. The lowest BCUT2D eigenvalue weighted by atomic mass is 9.97. The number of carboxylic acid groups (broad SMARTS) is 1. The monoisotopic (exact) mass is 595 g/mol. The minimum atomic E-state index is -1.19. The molecule has 2 unspecified atom stereocenters. The number of carbonyl (C=O) groups excluding carboxylic acids is 3. The van der Waals surface area contributed by atoms with E-state index in [-0.39, 0.29) is 25.3 Å². The highest BCUT2D eigenvalue weighted by atomic mass is 16.4. The maximum Gasteiger partial charge on any atom is 0.328 e. The smallest absolute Gasteiger partial charge is 0.328 e. The van der Waals surface area contributed by atoms with E-state index >= 15 is 0 Å². The van der Waals surface area contributed by atoms with Crippen LogP contribution in [0.2, 0.25) is 0 Å². The van der Waals surface area contributed by atoms with E-state index in [9.17, 15) is 24.3 Å². The Hall–Kier alpha value is -4.72. The van der Waals surface area contributed by atoms with E-state index in [4.69, 9.17) is 0 Å². The van der Waals surface area contributed by atoms with E-state index < -0.39 is 41.4 Å². The zero-order valence-electron chi connectivity index (χ0n) is 26.0. The molecule has 4 amide bonds. The zero-order valence-corrected chi connectivity index (χ0v) is 26.0. The molecule has 4 rings (SSSR count). The van der Waals surface area contributed by atoms with E-state index in [0.717, 1.165) is 27.2 Å². The molecular weight excluding hydrogens is 554 g/mol. The number of nitrogens with one attached hydrogen (secondary N) is 1. The van der Waals surface area contributed by atoms with Gasteiger partial charge in [-0.3, -0.25) is 14.4 Å². The van der Waals surface area contributed by atoms with Crippen molar-refractivity contribution in [3.8, 4) is 0 Å². The summed E-state index contributed by atoms with van der Waals surface area (Å²) in [5.74, 6) is -2.10. The molecule has 3 aromatic carbocycles. The van der Waals surface area contributed by atoms with Crippen LogP contribution >= 0.6 is 0 Å². The Morgan fingerprint density at radius 2 is 1.55 bits per heavy atom. The number of hydrogen-bond donors (Lipinski definition) is 2. The fourth-order valence-corrected chi connectivity index (χ4v) is 5.44. The first-order chi connectivity index (χ1) is 20.9. The highest BCUT2D eigenvalue weighted by molar-refractivity contribution is 6.09. The molecule has 0 spiro atoms. The predicted molar refractivity (Wildman–Crippen MR) is 171 cm³/mol. The lowest BCUT2D eigenvalue weighted by molar-refractivity contribution is -0.140. The van der Waals surface area contributed by atoms with Crippen molar-refractivity contribution in [2.75, 3.05) is 0 Å². The molecule has 0 saturated carbocycles. The van der Waals surface area contributed by atoms with Gasteiger partial charge in [0.25, 0.3) is 5.91 Å². The van der Waals surface area contributed by atoms with Gasteiger partial charge in [-0.1, -0.05) is 110 Å². The summed E-state index contributed by atoms with van der Waals surface area (Å²) in [6.45, 7) is 9.28. The molecule has 1 heterocycles. The molecule has 8 nitrogen and oxygen atoms in total. The number of rotatable bonds is 12. The first kappa shape index (κ1) is 32.2. The summed E-state index contributed by atoms with van der Waals surface area (Å²) in [6, 6.07) is 22.6. The number of aliphatic carboxylic acids is 1. The molecule has 230 valence electrons. The van der Waals surface area contributed by atoms with E-state index in [1.54, 1.807) is 26.0 Å². The summed E-state index contributed by atoms with van der Waals surface area (Å²) in [5, 5.41) is 12.4. The highest BCUT2D eigenvalue weighted by Gasteiger charge is 2.54. The second-order valence-electron chi connectivity index (χ2n) is 12.3. The summed E-state index contributed by atoms with van der Waals surface area (Å²) in [7, 11) is 0. The van der Waals surface area contributed by atoms with Crippen LogP contribution in [0, 0.1) is 12.8 Å². The lowest BCUT2D eigenvalue weighted by Crippen LogP contribution is -2.52. The third-order valence-corrected chi connectivity index (χ3v) is 7.89. The molecule has 0 aromatic heterocycles. The molecule has 1 aliphatic heterocycles. The number of aryl methyl sites for hydroxylation is 1. The SMILES string of the molecule is Cc1cccc(C(CC(=O)O)NC(=O)C(CC(C)C)N2C(=O)N(Cc3ccc(C=Cc4ccccc4)cc3)C(C)(C)C2=O)c1. The minimum Gasteiger partial charge on any atom is -0.481 e. The van der Waals surface area contributed by atoms with E-state index in [0.29, 0.717) is 5.56 Å². The Labute approximate surface area is 259 Å². The van der Waals surface area contributed by atoms with Gasteiger partial charge in [-0.05, 0) is 55.4 Å². The molecule has 2 atom stereocenters. The molecule has 0 radical (unpaired) electrons. The fraction of sp³-hybridized carbons (Fsp3) is 0.333. The van der Waals surface area contributed by atoms with E-state index in [2.05, 4.69) is 5.32 Å². The van der Waals surface area contributed by atoms with Crippen LogP contribution in [0.1, 0.15) is 74.4 Å². The van der Waals surface area contributed by atoms with Crippen LogP contribution in [-0.4, -0.2) is 50.3 Å². The Morgan fingerprint density at radius 3 is 2.14 bits per heavy atom. The Balaban J connectivity index is 1.55. The normalized spacial score (nSPS) is 16.0. The quantitative estimate of drug-likeness (QED) is 0.185. The second-order valence-corrected chi connectivity index (χ2v) is 12.3. The number of carboxylic acids is 1. The van der Waals surface area contributed by atoms with Crippen LogP contribution in [0.4, 0.5) is 4.79 Å². The topological polar surface area (TPSA) is 107 Å². The summed E-state index contributed by atoms with van der Waals surface area (Å²) in [5.41, 5.74) is 3.33. The van der Waals surface area contributed by atoms with Crippen LogP contribution in [0.15, 0.2) is 78.9 Å². The number of hydrogen-bond acceptors (Lipinski definition) is 4. The van der Waals surface area contributed by atoms with Crippen molar-refractivity contribution >= 4 is 36.0 Å². The van der Waals surface area contributed by atoms with E-state index in [1.165, 1.54) is 4.90 Å². The standard InChI is InChI=1S/C36H41N3O5/c1-24(2)20-31(33(42)37-30(22-32(40)41)29-13-9-10-25(3)21-29)39-34(43)36(4,5)38(35(39)44)23-28-18-16-27(17-19-28)15-14-26-11-7-6-8-12-26/h6-19,21,24,30-31H,20,22-23H2,1-5H3,(H,37,42)(H,40,41). The predicted octanol–water partition coefficient (Wildman–Crippen LogP) is 6.46. The number of urea groups is 1. The van der Waals surface area contributed by atoms with Gasteiger partial charge in [0, 0.05) is 6.54 Å². The molecule has 2 N–H and O–H groups in total. The molecule has 0 bridgehead atoms. The minimum absolute atomic E-state index is 0.0168. The Kier molecular flexibility index (Phi) is 10.0. The first-order valence-corrected chi connectivity index (χ1v) is 14.9. The van der Waals surface area contributed by atoms with Crippen molar-refractivity contribution in [3.05, 3.63) is 107 Å². The van der Waals surface area contributed by atoms with Crippen LogP contribution in [-0.2, 0) is 20.9 Å². The molecule has 8 heteroatoms. The van der Waals surface area contributed by atoms with Crippen LogP contribution in [0.3, 0.4) is 0 Å². The maximum atomic E-state index is 13.9. The van der Waals surface area contributed by atoms with Gasteiger partial charge in [0.05, 0.1) is 12.5 Å². The van der Waals surface area contributed by atoms with Crippen molar-refractivity contribution < 1.29 is 24.3 Å². The molecule has 0 aliphatic carbocycles. The zero-order chi connectivity index (χ0) is 32.0. The molecule has 1 saturated heterocycles. The Bertz CT molecular complexity index is 1530. The molecule has 1 fully saturated rings. The van der Waals surface area contributed by atoms with Gasteiger partial charge in [0.15, 0.2) is 0 Å². The van der Waals surface area contributed by atoms with Crippen molar-refractivity contribution in [2.24, 2.45) is 5.92 Å². The van der Waals surface area contributed by atoms with Gasteiger partial charge < -0.3 is 15.3 Å². The van der Waals surface area contributed by atoms with Gasteiger partial charge >= 0.3 is 12.0 Å². The van der Waals surface area contributed by atoms with Crippen molar-refractivity contribution in [2.45, 2.75) is 71.6 Å². The van der Waals surface area contributed by atoms with Crippen molar-refractivity contribution in [1.82, 2.24) is 15.1 Å². The van der Waals surface area contributed by atoms with Gasteiger partial charge in [0.1, 0.15) is 11.6 Å². The number of carbonyl (C=O) groups is 4. The van der Waals surface area contributed by atoms with Crippen LogP contribution in [0.25, 0.3) is 12.2 Å². The van der Waals surface area contributed by atoms with E-state index in [1.807, 2.05) is 99.7 Å². The van der Waals surface area contributed by atoms with Gasteiger partial charge in [-0.25, -0.2) is 9.69 Å².